The quantitative estimate of drug-likeness (QED) is 0.516. The summed E-state index contributed by atoms with van der Waals surface area (Å²) in [5.74, 6) is -0.150. The van der Waals surface area contributed by atoms with Crippen molar-refractivity contribution in [3.05, 3.63) is 6.92 Å². The van der Waals surface area contributed by atoms with E-state index in [9.17, 15) is 4.79 Å². The first-order chi connectivity index (χ1) is 3.81. The fourth-order valence-electron chi connectivity index (χ4n) is 0.377. The summed E-state index contributed by atoms with van der Waals surface area (Å²) in [6.45, 7) is 5.77. The van der Waals surface area contributed by atoms with Crippen molar-refractivity contribution in [1.29, 1.82) is 0 Å². The van der Waals surface area contributed by atoms with E-state index in [1.165, 1.54) is 0 Å². The Balaban J connectivity index is 3.06. The predicted octanol–water partition coefficient (Wildman–Crippen LogP) is 1.16. The monoisotopic (exact) mass is 115 g/mol. The van der Waals surface area contributed by atoms with Crippen LogP contribution in [-0.2, 0) is 9.53 Å². The normalized spacial score (nSPS) is 8.75. The molecule has 0 aromatic carbocycles. The molecule has 0 rings (SSSR count). The molecule has 0 spiro atoms. The average molecular weight is 115 g/mol. The number of esters is 1. The Kier molecular flexibility index (Phi) is 4.32. The van der Waals surface area contributed by atoms with Gasteiger partial charge in [-0.05, 0) is 13.3 Å². The van der Waals surface area contributed by atoms with Crippen molar-refractivity contribution < 1.29 is 9.53 Å². The van der Waals surface area contributed by atoms with E-state index in [2.05, 4.69) is 11.7 Å². The Morgan fingerprint density at radius 3 is 2.75 bits per heavy atom. The standard InChI is InChI=1S/C6H11O2/c1-3-5-6(7)8-4-2/h1,3-5H2,2H3. The van der Waals surface area contributed by atoms with Gasteiger partial charge in [0.05, 0.1) is 6.61 Å². The molecule has 1 radical (unpaired) electrons. The van der Waals surface area contributed by atoms with Crippen molar-refractivity contribution in [3.8, 4) is 0 Å². The lowest BCUT2D eigenvalue weighted by Gasteiger charge is -1.96. The Bertz CT molecular complexity index is 60.9. The third-order valence-corrected chi connectivity index (χ3v) is 0.686. The van der Waals surface area contributed by atoms with Crippen molar-refractivity contribution in [1.82, 2.24) is 0 Å². The topological polar surface area (TPSA) is 26.3 Å². The lowest BCUT2D eigenvalue weighted by molar-refractivity contribution is -0.143. The summed E-state index contributed by atoms with van der Waals surface area (Å²) < 4.78 is 4.60. The van der Waals surface area contributed by atoms with E-state index in [4.69, 9.17) is 0 Å². The maximum atomic E-state index is 10.4. The van der Waals surface area contributed by atoms with Crippen molar-refractivity contribution in [2.24, 2.45) is 0 Å². The van der Waals surface area contributed by atoms with Crippen molar-refractivity contribution in [3.63, 3.8) is 0 Å². The minimum atomic E-state index is -0.150. The van der Waals surface area contributed by atoms with Crippen LogP contribution in [0, 0.1) is 6.92 Å². The fourth-order valence-corrected chi connectivity index (χ4v) is 0.377. The maximum Gasteiger partial charge on any atom is 0.305 e. The second-order valence-corrected chi connectivity index (χ2v) is 1.41. The van der Waals surface area contributed by atoms with Crippen molar-refractivity contribution in [2.75, 3.05) is 6.61 Å². The minimum absolute atomic E-state index is 0.150. The van der Waals surface area contributed by atoms with Gasteiger partial charge in [0.15, 0.2) is 0 Å². The molecule has 8 heavy (non-hydrogen) atoms. The number of hydrogen-bond acceptors (Lipinski definition) is 2. The molecule has 0 N–H and O–H groups in total. The molecule has 0 saturated heterocycles. The first kappa shape index (κ1) is 7.47. The van der Waals surface area contributed by atoms with Crippen LogP contribution < -0.4 is 0 Å². The van der Waals surface area contributed by atoms with Crippen LogP contribution in [0.2, 0.25) is 0 Å². The molecule has 0 bridgehead atoms. The summed E-state index contributed by atoms with van der Waals surface area (Å²) in [6, 6.07) is 0. The van der Waals surface area contributed by atoms with Crippen LogP contribution in [0.4, 0.5) is 0 Å². The minimum Gasteiger partial charge on any atom is -0.466 e. The lowest BCUT2D eigenvalue weighted by atomic mass is 10.3. The fraction of sp³-hybridized carbons (Fsp3) is 0.667. The third kappa shape index (κ3) is 3.65. The molecule has 0 aliphatic rings. The van der Waals surface area contributed by atoms with Crippen LogP contribution in [0.1, 0.15) is 19.8 Å². The summed E-state index contributed by atoms with van der Waals surface area (Å²) in [4.78, 5) is 10.4. The van der Waals surface area contributed by atoms with Gasteiger partial charge in [-0.15, -0.1) is 0 Å². The summed E-state index contributed by atoms with van der Waals surface area (Å²) >= 11 is 0. The predicted molar refractivity (Wildman–Crippen MR) is 31.2 cm³/mol. The highest BCUT2D eigenvalue weighted by Crippen LogP contribution is 1.88. The zero-order valence-corrected chi connectivity index (χ0v) is 5.14. The molecule has 0 aromatic rings. The first-order valence-electron chi connectivity index (χ1n) is 2.76. The molecule has 0 saturated carbocycles. The van der Waals surface area contributed by atoms with Gasteiger partial charge in [0.2, 0.25) is 0 Å². The molecular formula is C6H11O2. The Hall–Kier alpha value is -0.530. The van der Waals surface area contributed by atoms with Crippen LogP contribution in [0.25, 0.3) is 0 Å². The Labute approximate surface area is 49.8 Å². The van der Waals surface area contributed by atoms with Gasteiger partial charge >= 0.3 is 5.97 Å². The molecule has 0 aromatic heterocycles. The zero-order valence-electron chi connectivity index (χ0n) is 5.14. The van der Waals surface area contributed by atoms with Gasteiger partial charge in [-0.2, -0.15) is 0 Å². The van der Waals surface area contributed by atoms with E-state index in [1.807, 2.05) is 0 Å². The van der Waals surface area contributed by atoms with Crippen LogP contribution in [-0.4, -0.2) is 12.6 Å². The number of rotatable bonds is 3. The van der Waals surface area contributed by atoms with E-state index >= 15 is 0 Å². The average Bonchev–Trinajstić information content (AvgIpc) is 1.68. The third-order valence-electron chi connectivity index (χ3n) is 0.686. The number of carbonyl (C=O) groups is 1. The molecule has 0 aliphatic carbocycles. The molecule has 0 fully saturated rings. The van der Waals surface area contributed by atoms with Crippen LogP contribution in [0.15, 0.2) is 0 Å². The smallest absolute Gasteiger partial charge is 0.305 e. The molecule has 0 amide bonds. The zero-order chi connectivity index (χ0) is 6.41. The summed E-state index contributed by atoms with van der Waals surface area (Å²) in [5, 5.41) is 0. The molecular weight excluding hydrogens is 104 g/mol. The number of ether oxygens (including phenoxy) is 1. The van der Waals surface area contributed by atoms with E-state index < -0.39 is 0 Å². The highest BCUT2D eigenvalue weighted by atomic mass is 16.5. The van der Waals surface area contributed by atoms with Gasteiger partial charge in [0, 0.05) is 6.42 Å². The molecule has 0 atom stereocenters. The SMILES string of the molecule is [CH2]CCC(=O)OCC. The van der Waals surface area contributed by atoms with Gasteiger partial charge < -0.3 is 4.74 Å². The summed E-state index contributed by atoms with van der Waals surface area (Å²) in [5.41, 5.74) is 0. The van der Waals surface area contributed by atoms with Gasteiger partial charge in [-0.3, -0.25) is 4.79 Å². The maximum absolute atomic E-state index is 10.4. The van der Waals surface area contributed by atoms with Gasteiger partial charge in [-0.25, -0.2) is 0 Å². The lowest BCUT2D eigenvalue weighted by Crippen LogP contribution is -2.01. The van der Waals surface area contributed by atoms with Gasteiger partial charge in [-0.1, -0.05) is 6.92 Å². The Morgan fingerprint density at radius 2 is 2.38 bits per heavy atom. The molecule has 47 valence electrons. The van der Waals surface area contributed by atoms with Gasteiger partial charge in [0.1, 0.15) is 0 Å². The van der Waals surface area contributed by atoms with Gasteiger partial charge in [0.25, 0.3) is 0 Å². The molecule has 0 unspecified atom stereocenters. The molecule has 0 heterocycles. The second kappa shape index (κ2) is 4.62. The second-order valence-electron chi connectivity index (χ2n) is 1.41. The highest BCUT2D eigenvalue weighted by molar-refractivity contribution is 5.69. The first-order valence-corrected chi connectivity index (χ1v) is 2.76. The van der Waals surface area contributed by atoms with Crippen molar-refractivity contribution >= 4 is 5.97 Å². The molecule has 2 nitrogen and oxygen atoms in total. The van der Waals surface area contributed by atoms with Crippen molar-refractivity contribution in [2.45, 2.75) is 19.8 Å². The summed E-state index contributed by atoms with van der Waals surface area (Å²) in [6.07, 6.45) is 1.06. The van der Waals surface area contributed by atoms with E-state index in [-0.39, 0.29) is 5.97 Å². The van der Waals surface area contributed by atoms with E-state index in [0.717, 1.165) is 0 Å². The molecule has 0 aliphatic heterocycles. The Morgan fingerprint density at radius 1 is 1.75 bits per heavy atom. The number of hydrogen-bond donors (Lipinski definition) is 0. The van der Waals surface area contributed by atoms with Crippen LogP contribution in [0.5, 0.6) is 0 Å². The van der Waals surface area contributed by atoms with Crippen LogP contribution >= 0.6 is 0 Å². The number of carbonyl (C=O) groups excluding carboxylic acids is 1. The molecule has 2 heteroatoms. The van der Waals surface area contributed by atoms with Crippen LogP contribution in [0.3, 0.4) is 0 Å². The van der Waals surface area contributed by atoms with E-state index in [1.54, 1.807) is 6.92 Å². The largest absolute Gasteiger partial charge is 0.466 e. The van der Waals surface area contributed by atoms with E-state index in [0.29, 0.717) is 19.4 Å². The highest BCUT2D eigenvalue weighted by Gasteiger charge is 1.95. The summed E-state index contributed by atoms with van der Waals surface area (Å²) in [7, 11) is 0.